The predicted octanol–water partition coefficient (Wildman–Crippen LogP) is 11.5. The molecule has 2 aromatic heterocycles. The van der Waals surface area contributed by atoms with Gasteiger partial charge in [0.2, 0.25) is 0 Å². The molecule has 0 unspecified atom stereocenters. The summed E-state index contributed by atoms with van der Waals surface area (Å²) in [6.07, 6.45) is 0. The quantitative estimate of drug-likeness (QED) is 0.173. The van der Waals surface area contributed by atoms with Crippen molar-refractivity contribution in [3.8, 4) is 34.2 Å². The van der Waals surface area contributed by atoms with Gasteiger partial charge in [0.1, 0.15) is 0 Å². The van der Waals surface area contributed by atoms with Crippen molar-refractivity contribution in [3.63, 3.8) is 0 Å². The van der Waals surface area contributed by atoms with Gasteiger partial charge in [-0.15, -0.1) is 10.2 Å². The Morgan fingerprint density at radius 2 is 0.800 bits per heavy atom. The van der Waals surface area contributed by atoms with Gasteiger partial charge in [0.25, 0.3) is 0 Å². The summed E-state index contributed by atoms with van der Waals surface area (Å²) in [6, 6.07) is 64.0. The number of aryl methyl sites for hydroxylation is 1. The molecular formula is C45H33N5. The highest BCUT2D eigenvalue weighted by Crippen LogP contribution is 2.38. The van der Waals surface area contributed by atoms with Gasteiger partial charge in [0.15, 0.2) is 11.6 Å². The second-order valence-electron chi connectivity index (χ2n) is 12.5. The molecular weight excluding hydrogens is 611 g/mol. The molecule has 0 N–H and O–H groups in total. The van der Waals surface area contributed by atoms with Crippen molar-refractivity contribution >= 4 is 38.9 Å². The molecule has 9 aromatic rings. The number of hydrogen-bond donors (Lipinski definition) is 0. The van der Waals surface area contributed by atoms with Crippen LogP contribution in [-0.2, 0) is 0 Å². The van der Waals surface area contributed by atoms with Gasteiger partial charge in [-0.3, -0.25) is 4.57 Å². The summed E-state index contributed by atoms with van der Waals surface area (Å²) in [6.45, 7) is 2.10. The summed E-state index contributed by atoms with van der Waals surface area (Å²) in [7, 11) is 0. The molecule has 0 aliphatic carbocycles. The lowest BCUT2D eigenvalue weighted by Crippen LogP contribution is -2.10. The van der Waals surface area contributed by atoms with Crippen LogP contribution < -0.4 is 4.90 Å². The monoisotopic (exact) mass is 643 g/mol. The fourth-order valence-corrected chi connectivity index (χ4v) is 6.92. The third-order valence-corrected chi connectivity index (χ3v) is 9.33. The summed E-state index contributed by atoms with van der Waals surface area (Å²) < 4.78 is 4.50. The van der Waals surface area contributed by atoms with Crippen molar-refractivity contribution in [1.29, 1.82) is 0 Å². The first kappa shape index (κ1) is 29.4. The van der Waals surface area contributed by atoms with E-state index in [0.717, 1.165) is 51.2 Å². The van der Waals surface area contributed by atoms with E-state index >= 15 is 0 Å². The Balaban J connectivity index is 1.12. The van der Waals surface area contributed by atoms with Crippen LogP contribution in [0.2, 0.25) is 0 Å². The Bertz CT molecular complexity index is 2510. The Labute approximate surface area is 291 Å². The first-order valence-corrected chi connectivity index (χ1v) is 16.8. The molecule has 0 spiro atoms. The molecule has 0 saturated heterocycles. The van der Waals surface area contributed by atoms with Gasteiger partial charge >= 0.3 is 0 Å². The minimum atomic E-state index is 0.793. The minimum Gasteiger partial charge on any atom is -0.311 e. The molecule has 7 aromatic carbocycles. The SMILES string of the molecule is Cc1ccc(-n2c(-c3ccccc3)nnc2-c2ccc(N(c3ccccc3)c3ccc(-n4c5ccccc5c5ccccc54)cc3)cc2)cc1. The van der Waals surface area contributed by atoms with Crippen LogP contribution in [0.1, 0.15) is 5.56 Å². The second-order valence-corrected chi connectivity index (χ2v) is 12.5. The predicted molar refractivity (Wildman–Crippen MR) is 206 cm³/mol. The van der Waals surface area contributed by atoms with E-state index in [4.69, 9.17) is 5.10 Å². The maximum absolute atomic E-state index is 4.73. The minimum absolute atomic E-state index is 0.793. The number of fused-ring (bicyclic) bond motifs is 3. The third kappa shape index (κ3) is 5.13. The molecule has 0 atom stereocenters. The summed E-state index contributed by atoms with van der Waals surface area (Å²) >= 11 is 0. The second kappa shape index (κ2) is 12.4. The average Bonchev–Trinajstić information content (AvgIpc) is 3.77. The number of anilines is 3. The standard InChI is InChI=1S/C45H33N5/c1-32-20-24-39(25-21-32)50-44(33-12-4-2-5-13-33)46-47-45(50)34-22-26-36(27-23-34)48(35-14-6-3-7-15-35)37-28-30-38(31-29-37)49-42-18-10-8-16-40(42)41-17-9-11-19-43(41)49/h2-31H,1H3. The molecule has 238 valence electrons. The lowest BCUT2D eigenvalue weighted by Gasteiger charge is -2.26. The van der Waals surface area contributed by atoms with Crippen LogP contribution in [0.4, 0.5) is 17.1 Å². The van der Waals surface area contributed by atoms with E-state index in [-0.39, 0.29) is 0 Å². The van der Waals surface area contributed by atoms with Crippen LogP contribution in [0.25, 0.3) is 56.0 Å². The van der Waals surface area contributed by atoms with Crippen LogP contribution >= 0.6 is 0 Å². The molecule has 5 nitrogen and oxygen atoms in total. The van der Waals surface area contributed by atoms with E-state index in [0.29, 0.717) is 0 Å². The maximum atomic E-state index is 4.73. The zero-order valence-electron chi connectivity index (χ0n) is 27.6. The van der Waals surface area contributed by atoms with Gasteiger partial charge in [0.05, 0.1) is 11.0 Å². The van der Waals surface area contributed by atoms with E-state index in [1.807, 2.05) is 18.2 Å². The molecule has 2 heterocycles. The smallest absolute Gasteiger partial charge is 0.168 e. The summed E-state index contributed by atoms with van der Waals surface area (Å²) in [4.78, 5) is 2.29. The van der Waals surface area contributed by atoms with Crippen LogP contribution in [-0.4, -0.2) is 19.3 Å². The fourth-order valence-electron chi connectivity index (χ4n) is 6.92. The van der Waals surface area contributed by atoms with Gasteiger partial charge in [-0.1, -0.05) is 103 Å². The van der Waals surface area contributed by atoms with E-state index in [9.17, 15) is 0 Å². The highest BCUT2D eigenvalue weighted by molar-refractivity contribution is 6.09. The molecule has 0 saturated carbocycles. The highest BCUT2D eigenvalue weighted by Gasteiger charge is 2.19. The normalized spacial score (nSPS) is 11.3. The van der Waals surface area contributed by atoms with Crippen LogP contribution in [0.3, 0.4) is 0 Å². The van der Waals surface area contributed by atoms with Crippen LogP contribution in [0.5, 0.6) is 0 Å². The molecule has 0 aliphatic rings. The fraction of sp³-hybridized carbons (Fsp3) is 0.0222. The topological polar surface area (TPSA) is 38.9 Å². The average molecular weight is 644 g/mol. The first-order chi connectivity index (χ1) is 24.7. The van der Waals surface area contributed by atoms with Gasteiger partial charge < -0.3 is 9.47 Å². The molecule has 0 fully saturated rings. The summed E-state index contributed by atoms with van der Waals surface area (Å²) in [5.74, 6) is 1.60. The number of nitrogens with zero attached hydrogens (tertiary/aromatic N) is 5. The van der Waals surface area contributed by atoms with Gasteiger partial charge in [-0.05, 0) is 91.9 Å². The molecule has 50 heavy (non-hydrogen) atoms. The number of para-hydroxylation sites is 3. The number of rotatable bonds is 7. The lowest BCUT2D eigenvalue weighted by atomic mass is 10.1. The molecule has 0 radical (unpaired) electrons. The number of aromatic nitrogens is 4. The number of benzene rings is 7. The zero-order chi connectivity index (χ0) is 33.4. The van der Waals surface area contributed by atoms with Crippen LogP contribution in [0, 0.1) is 6.92 Å². The Hall–Kier alpha value is -6.72. The molecule has 0 amide bonds. The van der Waals surface area contributed by atoms with E-state index in [1.165, 1.54) is 27.4 Å². The Kier molecular flexibility index (Phi) is 7.29. The van der Waals surface area contributed by atoms with E-state index in [1.54, 1.807) is 0 Å². The zero-order valence-corrected chi connectivity index (χ0v) is 27.6. The van der Waals surface area contributed by atoms with Crippen molar-refractivity contribution in [2.45, 2.75) is 6.92 Å². The van der Waals surface area contributed by atoms with E-state index in [2.05, 4.69) is 190 Å². The summed E-state index contributed by atoms with van der Waals surface area (Å²) in [5.41, 5.74) is 11.0. The van der Waals surface area contributed by atoms with Crippen molar-refractivity contribution in [2.24, 2.45) is 0 Å². The Morgan fingerprint density at radius 1 is 0.380 bits per heavy atom. The maximum Gasteiger partial charge on any atom is 0.168 e. The van der Waals surface area contributed by atoms with Gasteiger partial charge in [0, 0.05) is 50.3 Å². The molecule has 0 bridgehead atoms. The van der Waals surface area contributed by atoms with Crippen LogP contribution in [0.15, 0.2) is 182 Å². The molecule has 9 rings (SSSR count). The lowest BCUT2D eigenvalue weighted by molar-refractivity contribution is 1.07. The Morgan fingerprint density at radius 3 is 1.38 bits per heavy atom. The highest BCUT2D eigenvalue weighted by atomic mass is 15.3. The van der Waals surface area contributed by atoms with Gasteiger partial charge in [-0.2, -0.15) is 0 Å². The summed E-state index contributed by atoms with van der Waals surface area (Å²) in [5, 5.41) is 11.9. The van der Waals surface area contributed by atoms with Gasteiger partial charge in [-0.25, -0.2) is 0 Å². The largest absolute Gasteiger partial charge is 0.311 e. The first-order valence-electron chi connectivity index (χ1n) is 16.8. The van der Waals surface area contributed by atoms with Crippen molar-refractivity contribution in [2.75, 3.05) is 4.90 Å². The van der Waals surface area contributed by atoms with Crippen molar-refractivity contribution in [1.82, 2.24) is 19.3 Å². The molecule has 5 heteroatoms. The number of hydrogen-bond acceptors (Lipinski definition) is 3. The molecule has 0 aliphatic heterocycles. The van der Waals surface area contributed by atoms with E-state index < -0.39 is 0 Å². The third-order valence-electron chi connectivity index (χ3n) is 9.33. The van der Waals surface area contributed by atoms with Crippen molar-refractivity contribution in [3.05, 3.63) is 188 Å². The van der Waals surface area contributed by atoms with Crippen molar-refractivity contribution < 1.29 is 0 Å².